The van der Waals surface area contributed by atoms with Gasteiger partial charge in [-0.3, -0.25) is 4.90 Å². The third kappa shape index (κ3) is 4.48. The number of nitrogens with zero attached hydrogens (tertiary/aromatic N) is 1. The normalized spacial score (nSPS) is 16.9. The first-order valence-corrected chi connectivity index (χ1v) is 10.4. The molecular weight excluding hydrogens is 447 g/mol. The van der Waals surface area contributed by atoms with Gasteiger partial charge in [0.25, 0.3) is 0 Å². The molecule has 1 aliphatic rings. The summed E-state index contributed by atoms with van der Waals surface area (Å²) in [5.41, 5.74) is -1.42. The third-order valence-corrected chi connectivity index (χ3v) is 6.25. The second kappa shape index (κ2) is 8.42. The molecule has 0 spiro atoms. The summed E-state index contributed by atoms with van der Waals surface area (Å²) in [6, 6.07) is 10.2. The minimum atomic E-state index is -4.59. The first-order chi connectivity index (χ1) is 15.1. The van der Waals surface area contributed by atoms with Gasteiger partial charge in [-0.2, -0.15) is 13.2 Å². The molecule has 1 saturated heterocycles. The zero-order valence-corrected chi connectivity index (χ0v) is 18.0. The van der Waals surface area contributed by atoms with Crippen molar-refractivity contribution in [1.82, 2.24) is 4.90 Å². The van der Waals surface area contributed by atoms with Crippen LogP contribution in [0.3, 0.4) is 0 Å². The van der Waals surface area contributed by atoms with Crippen LogP contribution in [0, 0.1) is 0 Å². The van der Waals surface area contributed by atoms with Crippen molar-refractivity contribution in [3.05, 3.63) is 74.6 Å². The zero-order chi connectivity index (χ0) is 23.1. The molecule has 0 atom stereocenters. The lowest BCUT2D eigenvalue weighted by molar-refractivity contribution is -0.137. The molecule has 4 rings (SSSR count). The van der Waals surface area contributed by atoms with E-state index in [4.69, 9.17) is 20.8 Å². The van der Waals surface area contributed by atoms with Crippen molar-refractivity contribution in [2.75, 3.05) is 20.2 Å². The van der Waals surface area contributed by atoms with Crippen LogP contribution in [0.2, 0.25) is 5.02 Å². The molecule has 1 fully saturated rings. The molecule has 0 bridgehead atoms. The molecule has 9 heteroatoms. The molecule has 32 heavy (non-hydrogen) atoms. The Labute approximate surface area is 187 Å². The molecule has 1 N–H and O–H groups in total. The van der Waals surface area contributed by atoms with Gasteiger partial charge in [-0.25, -0.2) is 4.79 Å². The highest BCUT2D eigenvalue weighted by Crippen LogP contribution is 2.40. The van der Waals surface area contributed by atoms with E-state index in [0.717, 1.165) is 17.0 Å². The van der Waals surface area contributed by atoms with Crippen molar-refractivity contribution < 1.29 is 27.4 Å². The minimum absolute atomic E-state index is 0.201. The monoisotopic (exact) mass is 467 g/mol. The van der Waals surface area contributed by atoms with Gasteiger partial charge >= 0.3 is 11.8 Å². The Morgan fingerprint density at radius 2 is 1.88 bits per heavy atom. The van der Waals surface area contributed by atoms with Crippen molar-refractivity contribution in [3.63, 3.8) is 0 Å². The smallest absolute Gasteiger partial charge is 0.417 e. The molecule has 0 unspecified atom stereocenters. The van der Waals surface area contributed by atoms with E-state index in [1.807, 2.05) is 11.0 Å². The molecule has 2 heterocycles. The summed E-state index contributed by atoms with van der Waals surface area (Å²) in [4.78, 5) is 14.1. The number of hydrogen-bond donors (Lipinski definition) is 1. The van der Waals surface area contributed by atoms with Crippen molar-refractivity contribution >= 4 is 22.6 Å². The maximum absolute atomic E-state index is 13.2. The number of fused-ring (bicyclic) bond motifs is 1. The van der Waals surface area contributed by atoms with Crippen molar-refractivity contribution in [3.8, 4) is 5.75 Å². The number of rotatable bonds is 4. The molecule has 2 aromatic carbocycles. The Kier molecular flexibility index (Phi) is 5.96. The van der Waals surface area contributed by atoms with Gasteiger partial charge in [0.15, 0.2) is 0 Å². The van der Waals surface area contributed by atoms with Crippen LogP contribution < -0.4 is 10.4 Å². The third-order valence-electron chi connectivity index (χ3n) is 5.92. The zero-order valence-electron chi connectivity index (χ0n) is 17.2. The average molecular weight is 468 g/mol. The SMILES string of the molecule is COc1ccc2c(CN3CCC(O)(c4ccc(Cl)c(C(F)(F)F)c4)CC3)cc(=O)oc2c1. The van der Waals surface area contributed by atoms with Crippen LogP contribution in [-0.4, -0.2) is 30.2 Å². The quantitative estimate of drug-likeness (QED) is 0.550. The Hall–Kier alpha value is -2.55. The van der Waals surface area contributed by atoms with Gasteiger partial charge in [0.2, 0.25) is 0 Å². The first kappa shape index (κ1) is 22.6. The number of aliphatic hydroxyl groups is 1. The Morgan fingerprint density at radius 3 is 2.53 bits per heavy atom. The summed E-state index contributed by atoms with van der Waals surface area (Å²) in [5.74, 6) is 0.571. The van der Waals surface area contributed by atoms with Crippen LogP contribution in [0.1, 0.15) is 29.5 Å². The van der Waals surface area contributed by atoms with Crippen LogP contribution in [-0.2, 0) is 18.3 Å². The van der Waals surface area contributed by atoms with Gasteiger partial charge in [-0.05, 0) is 48.2 Å². The number of alkyl halides is 3. The average Bonchev–Trinajstić information content (AvgIpc) is 2.74. The van der Waals surface area contributed by atoms with E-state index in [1.165, 1.54) is 25.3 Å². The summed E-state index contributed by atoms with van der Waals surface area (Å²) < 4.78 is 50.1. The lowest BCUT2D eigenvalue weighted by Gasteiger charge is -2.39. The molecule has 170 valence electrons. The maximum atomic E-state index is 13.2. The van der Waals surface area contributed by atoms with E-state index >= 15 is 0 Å². The number of hydrogen-bond acceptors (Lipinski definition) is 5. The summed E-state index contributed by atoms with van der Waals surface area (Å²) in [6.07, 6.45) is -4.10. The fourth-order valence-electron chi connectivity index (χ4n) is 4.11. The van der Waals surface area contributed by atoms with Crippen LogP contribution in [0.5, 0.6) is 5.75 Å². The predicted molar refractivity (Wildman–Crippen MR) is 114 cm³/mol. The molecule has 0 aliphatic carbocycles. The summed E-state index contributed by atoms with van der Waals surface area (Å²) >= 11 is 5.71. The predicted octanol–water partition coefficient (Wildman–Crippen LogP) is 4.96. The van der Waals surface area contributed by atoms with Crippen LogP contribution in [0.15, 0.2) is 51.7 Å². The molecular formula is C23H21ClF3NO4. The summed E-state index contributed by atoms with van der Waals surface area (Å²) in [6.45, 7) is 1.33. The van der Waals surface area contributed by atoms with E-state index in [9.17, 15) is 23.1 Å². The van der Waals surface area contributed by atoms with E-state index in [-0.39, 0.29) is 18.4 Å². The van der Waals surface area contributed by atoms with Crippen molar-refractivity contribution in [1.29, 1.82) is 0 Å². The highest BCUT2D eigenvalue weighted by Gasteiger charge is 2.38. The topological polar surface area (TPSA) is 62.9 Å². The van der Waals surface area contributed by atoms with Crippen LogP contribution in [0.25, 0.3) is 11.0 Å². The van der Waals surface area contributed by atoms with Crippen molar-refractivity contribution in [2.45, 2.75) is 31.2 Å². The number of piperidine rings is 1. The first-order valence-electron chi connectivity index (χ1n) is 10.0. The highest BCUT2D eigenvalue weighted by molar-refractivity contribution is 6.31. The lowest BCUT2D eigenvalue weighted by Crippen LogP contribution is -2.42. The fourth-order valence-corrected chi connectivity index (χ4v) is 4.34. The van der Waals surface area contributed by atoms with E-state index in [1.54, 1.807) is 12.1 Å². The largest absolute Gasteiger partial charge is 0.497 e. The van der Waals surface area contributed by atoms with Gasteiger partial charge in [0, 0.05) is 37.2 Å². The molecule has 1 aliphatic heterocycles. The molecule has 0 saturated carbocycles. The number of ether oxygens (including phenoxy) is 1. The lowest BCUT2D eigenvalue weighted by atomic mass is 9.83. The van der Waals surface area contributed by atoms with E-state index in [2.05, 4.69) is 0 Å². The van der Waals surface area contributed by atoms with Crippen LogP contribution >= 0.6 is 11.6 Å². The van der Waals surface area contributed by atoms with Crippen molar-refractivity contribution in [2.24, 2.45) is 0 Å². The number of methoxy groups -OCH3 is 1. The molecule has 5 nitrogen and oxygen atoms in total. The summed E-state index contributed by atoms with van der Waals surface area (Å²) in [5, 5.41) is 11.4. The van der Waals surface area contributed by atoms with Gasteiger partial charge < -0.3 is 14.3 Å². The molecule has 0 radical (unpaired) electrons. The number of halogens is 4. The standard InChI is InChI=1S/C23H21ClF3NO4/c1-31-16-3-4-17-14(10-21(29)32-20(17)12-16)13-28-8-6-22(30,7-9-28)15-2-5-19(24)18(11-15)23(25,26)27/h2-5,10-12,30H,6-9,13H2,1H3. The molecule has 0 amide bonds. The second-order valence-corrected chi connectivity index (χ2v) is 8.36. The van der Waals surface area contributed by atoms with Crippen LogP contribution in [0.4, 0.5) is 13.2 Å². The molecule has 3 aromatic rings. The van der Waals surface area contributed by atoms with Gasteiger partial charge in [0.05, 0.1) is 23.3 Å². The number of likely N-dealkylation sites (tertiary alicyclic amines) is 1. The Balaban J connectivity index is 1.53. The Bertz CT molecular complexity index is 1200. The number of benzene rings is 2. The van der Waals surface area contributed by atoms with Gasteiger partial charge in [-0.1, -0.05) is 17.7 Å². The fraction of sp³-hybridized carbons (Fsp3) is 0.348. The van der Waals surface area contributed by atoms with E-state index < -0.39 is 28.0 Å². The molecule has 1 aromatic heterocycles. The van der Waals surface area contributed by atoms with Gasteiger partial charge in [0.1, 0.15) is 11.3 Å². The minimum Gasteiger partial charge on any atom is -0.497 e. The Morgan fingerprint density at radius 1 is 1.16 bits per heavy atom. The highest BCUT2D eigenvalue weighted by atomic mass is 35.5. The summed E-state index contributed by atoms with van der Waals surface area (Å²) in [7, 11) is 1.52. The second-order valence-electron chi connectivity index (χ2n) is 7.95. The van der Waals surface area contributed by atoms with Gasteiger partial charge in [-0.15, -0.1) is 0 Å². The van der Waals surface area contributed by atoms with E-state index in [0.29, 0.717) is 31.0 Å². The maximum Gasteiger partial charge on any atom is 0.417 e.